The van der Waals surface area contributed by atoms with E-state index in [0.29, 0.717) is 5.92 Å². The Kier molecular flexibility index (Phi) is 3.66. The first-order chi connectivity index (χ1) is 6.19. The molecule has 4 heteroatoms. The predicted molar refractivity (Wildman–Crippen MR) is 56.2 cm³/mol. The van der Waals surface area contributed by atoms with Crippen LogP contribution in [0.5, 0.6) is 0 Å². The lowest BCUT2D eigenvalue weighted by Gasteiger charge is -2.07. The van der Waals surface area contributed by atoms with E-state index in [1.165, 1.54) is 6.42 Å². The molecule has 1 heterocycles. The van der Waals surface area contributed by atoms with Gasteiger partial charge in [0.1, 0.15) is 5.82 Å². The van der Waals surface area contributed by atoms with Crippen LogP contribution in [0, 0.1) is 10.7 Å². The maximum absolute atomic E-state index is 5.11. The summed E-state index contributed by atoms with van der Waals surface area (Å²) in [6, 6.07) is 0. The smallest absolute Gasteiger partial charge is 0.195 e. The monoisotopic (exact) mass is 199 g/mol. The van der Waals surface area contributed by atoms with Crippen LogP contribution in [0.3, 0.4) is 0 Å². The van der Waals surface area contributed by atoms with Gasteiger partial charge < -0.3 is 4.57 Å². The second-order valence-corrected chi connectivity index (χ2v) is 3.79. The van der Waals surface area contributed by atoms with Crippen LogP contribution < -0.4 is 0 Å². The van der Waals surface area contributed by atoms with Gasteiger partial charge in [0, 0.05) is 13.0 Å². The third-order valence-electron chi connectivity index (χ3n) is 2.38. The van der Waals surface area contributed by atoms with Crippen LogP contribution in [0.2, 0.25) is 0 Å². The van der Waals surface area contributed by atoms with Crippen molar-refractivity contribution in [2.24, 2.45) is 5.92 Å². The highest BCUT2D eigenvalue weighted by molar-refractivity contribution is 7.71. The third kappa shape index (κ3) is 2.40. The predicted octanol–water partition coefficient (Wildman–Crippen LogP) is 2.55. The molecule has 1 N–H and O–H groups in total. The lowest BCUT2D eigenvalue weighted by molar-refractivity contribution is 0.523. The summed E-state index contributed by atoms with van der Waals surface area (Å²) in [5, 5.41) is 7.05. The number of nitrogens with zero attached hydrogens (tertiary/aromatic N) is 2. The first-order valence-corrected chi connectivity index (χ1v) is 5.23. The summed E-state index contributed by atoms with van der Waals surface area (Å²) in [4.78, 5) is 0. The molecule has 0 aliphatic carbocycles. The van der Waals surface area contributed by atoms with Gasteiger partial charge >= 0.3 is 0 Å². The Morgan fingerprint density at radius 3 is 2.77 bits per heavy atom. The number of aromatic nitrogens is 3. The van der Waals surface area contributed by atoms with E-state index in [0.717, 1.165) is 23.6 Å². The van der Waals surface area contributed by atoms with E-state index >= 15 is 0 Å². The van der Waals surface area contributed by atoms with E-state index < -0.39 is 0 Å². The summed E-state index contributed by atoms with van der Waals surface area (Å²) in [5.41, 5.74) is 0. The van der Waals surface area contributed by atoms with Crippen molar-refractivity contribution >= 4 is 12.2 Å². The molecule has 1 aromatic heterocycles. The van der Waals surface area contributed by atoms with Crippen molar-refractivity contribution in [1.82, 2.24) is 14.8 Å². The molecule has 1 rings (SSSR count). The molecule has 0 fully saturated rings. The number of hydrogen-bond donors (Lipinski definition) is 1. The van der Waals surface area contributed by atoms with Crippen molar-refractivity contribution in [3.05, 3.63) is 10.6 Å². The van der Waals surface area contributed by atoms with E-state index in [9.17, 15) is 0 Å². The van der Waals surface area contributed by atoms with E-state index in [-0.39, 0.29) is 0 Å². The van der Waals surface area contributed by atoms with E-state index in [1.807, 2.05) is 0 Å². The SMILES string of the molecule is CCC(C)Cc1n[nH]c(=S)n1CC. The zero-order chi connectivity index (χ0) is 9.84. The standard InChI is InChI=1S/C9H17N3S/c1-4-7(3)6-8-10-11-9(13)12(8)5-2/h7H,4-6H2,1-3H3,(H,11,13). The number of H-pyrrole nitrogens is 1. The molecule has 0 saturated carbocycles. The number of aromatic amines is 1. The Hall–Kier alpha value is -0.640. The molecule has 0 aliphatic heterocycles. The highest BCUT2D eigenvalue weighted by Gasteiger charge is 2.07. The number of hydrogen-bond acceptors (Lipinski definition) is 2. The van der Waals surface area contributed by atoms with E-state index in [1.54, 1.807) is 0 Å². The van der Waals surface area contributed by atoms with Crippen LogP contribution in [-0.4, -0.2) is 14.8 Å². The summed E-state index contributed by atoms with van der Waals surface area (Å²) in [7, 11) is 0. The maximum Gasteiger partial charge on any atom is 0.195 e. The zero-order valence-electron chi connectivity index (χ0n) is 8.50. The fraction of sp³-hybridized carbons (Fsp3) is 0.778. The molecule has 0 amide bonds. The van der Waals surface area contributed by atoms with Gasteiger partial charge in [-0.1, -0.05) is 20.3 Å². The lowest BCUT2D eigenvalue weighted by Crippen LogP contribution is -2.07. The van der Waals surface area contributed by atoms with Gasteiger partial charge in [0.15, 0.2) is 4.77 Å². The lowest BCUT2D eigenvalue weighted by atomic mass is 10.1. The Labute approximate surface area is 84.2 Å². The fourth-order valence-electron chi connectivity index (χ4n) is 1.29. The molecule has 0 spiro atoms. The molecule has 0 saturated heterocycles. The van der Waals surface area contributed by atoms with Crippen molar-refractivity contribution in [3.8, 4) is 0 Å². The Morgan fingerprint density at radius 2 is 2.23 bits per heavy atom. The molecule has 1 atom stereocenters. The zero-order valence-corrected chi connectivity index (χ0v) is 9.32. The molecule has 74 valence electrons. The molecule has 0 bridgehead atoms. The van der Waals surface area contributed by atoms with Crippen LogP contribution in [0.1, 0.15) is 33.0 Å². The number of nitrogens with one attached hydrogen (secondary N) is 1. The van der Waals surface area contributed by atoms with Gasteiger partial charge in [-0.3, -0.25) is 5.10 Å². The Morgan fingerprint density at radius 1 is 1.54 bits per heavy atom. The van der Waals surface area contributed by atoms with Crippen molar-refractivity contribution in [2.75, 3.05) is 0 Å². The van der Waals surface area contributed by atoms with Crippen LogP contribution in [-0.2, 0) is 13.0 Å². The second-order valence-electron chi connectivity index (χ2n) is 3.41. The van der Waals surface area contributed by atoms with Gasteiger partial charge in [-0.05, 0) is 25.1 Å². The highest BCUT2D eigenvalue weighted by Crippen LogP contribution is 2.09. The van der Waals surface area contributed by atoms with E-state index in [4.69, 9.17) is 12.2 Å². The van der Waals surface area contributed by atoms with Gasteiger partial charge in [0.25, 0.3) is 0 Å². The first kappa shape index (κ1) is 10.4. The summed E-state index contributed by atoms with van der Waals surface area (Å²) in [5.74, 6) is 1.76. The Bertz CT molecular complexity index is 313. The van der Waals surface area contributed by atoms with Crippen LogP contribution in [0.4, 0.5) is 0 Å². The molecule has 3 nitrogen and oxygen atoms in total. The van der Waals surface area contributed by atoms with Gasteiger partial charge in [0.05, 0.1) is 0 Å². The molecule has 1 unspecified atom stereocenters. The van der Waals surface area contributed by atoms with Gasteiger partial charge in [-0.2, -0.15) is 5.10 Å². The molecule has 0 radical (unpaired) electrons. The molecule has 0 aliphatic rings. The minimum Gasteiger partial charge on any atom is -0.304 e. The first-order valence-electron chi connectivity index (χ1n) is 4.83. The maximum atomic E-state index is 5.11. The third-order valence-corrected chi connectivity index (χ3v) is 2.69. The van der Waals surface area contributed by atoms with Crippen LogP contribution >= 0.6 is 12.2 Å². The quantitative estimate of drug-likeness (QED) is 0.756. The van der Waals surface area contributed by atoms with Crippen LogP contribution in [0.25, 0.3) is 0 Å². The average Bonchev–Trinajstić information content (AvgIpc) is 2.46. The molecule has 13 heavy (non-hydrogen) atoms. The summed E-state index contributed by atoms with van der Waals surface area (Å²) in [6.45, 7) is 7.42. The largest absolute Gasteiger partial charge is 0.304 e. The summed E-state index contributed by atoms with van der Waals surface area (Å²) >= 11 is 5.11. The summed E-state index contributed by atoms with van der Waals surface area (Å²) in [6.07, 6.45) is 2.20. The summed E-state index contributed by atoms with van der Waals surface area (Å²) < 4.78 is 2.79. The second kappa shape index (κ2) is 4.56. The van der Waals surface area contributed by atoms with Crippen molar-refractivity contribution in [1.29, 1.82) is 0 Å². The van der Waals surface area contributed by atoms with E-state index in [2.05, 4.69) is 35.5 Å². The van der Waals surface area contributed by atoms with Gasteiger partial charge in [-0.15, -0.1) is 0 Å². The fourth-order valence-corrected chi connectivity index (χ4v) is 1.57. The van der Waals surface area contributed by atoms with Crippen LogP contribution in [0.15, 0.2) is 0 Å². The van der Waals surface area contributed by atoms with Gasteiger partial charge in [0.2, 0.25) is 0 Å². The normalized spacial score (nSPS) is 13.2. The van der Waals surface area contributed by atoms with Crippen molar-refractivity contribution in [2.45, 2.75) is 40.2 Å². The molecule has 0 aromatic carbocycles. The molecular formula is C9H17N3S. The minimum atomic E-state index is 0.676. The molecule has 1 aromatic rings. The average molecular weight is 199 g/mol. The van der Waals surface area contributed by atoms with Gasteiger partial charge in [-0.25, -0.2) is 0 Å². The van der Waals surface area contributed by atoms with Crippen molar-refractivity contribution < 1.29 is 0 Å². The Balaban J connectivity index is 2.82. The topological polar surface area (TPSA) is 33.6 Å². The molecular weight excluding hydrogens is 182 g/mol. The minimum absolute atomic E-state index is 0.676. The van der Waals surface area contributed by atoms with Crippen molar-refractivity contribution in [3.63, 3.8) is 0 Å². The highest BCUT2D eigenvalue weighted by atomic mass is 32.1. The number of rotatable bonds is 4.